The van der Waals surface area contributed by atoms with Gasteiger partial charge in [0.05, 0.1) is 24.1 Å². The van der Waals surface area contributed by atoms with E-state index in [-0.39, 0.29) is 11.8 Å². The monoisotopic (exact) mass is 446 g/mol. The number of carbonyl (C=O) groups excluding carboxylic acids is 2. The van der Waals surface area contributed by atoms with Crippen molar-refractivity contribution in [2.75, 3.05) is 17.7 Å². The number of hydrogen-bond acceptors (Lipinski definition) is 6. The number of nitrogens with one attached hydrogen (secondary N) is 3. The number of thioether (sulfide) groups is 1. The van der Waals surface area contributed by atoms with Crippen molar-refractivity contribution in [2.24, 2.45) is 11.0 Å². The first-order chi connectivity index (χ1) is 15.5. The highest BCUT2D eigenvalue weighted by molar-refractivity contribution is 8.08. The number of rotatable bonds is 5. The van der Waals surface area contributed by atoms with Gasteiger partial charge >= 0.3 is 0 Å². The minimum Gasteiger partial charge on any atom is -0.497 e. The van der Waals surface area contributed by atoms with Gasteiger partial charge in [0.1, 0.15) is 5.75 Å². The van der Waals surface area contributed by atoms with Crippen molar-refractivity contribution in [2.45, 2.75) is 24.7 Å². The Balaban J connectivity index is 1.54. The van der Waals surface area contributed by atoms with Crippen LogP contribution in [-0.4, -0.2) is 24.6 Å². The zero-order valence-corrected chi connectivity index (χ0v) is 18.5. The van der Waals surface area contributed by atoms with E-state index < -0.39 is 0 Å². The molecule has 2 amide bonds. The van der Waals surface area contributed by atoms with E-state index in [2.05, 4.69) is 21.2 Å². The molecular formula is C24H22N4O3S. The van der Waals surface area contributed by atoms with Gasteiger partial charge in [0.2, 0.25) is 5.91 Å². The van der Waals surface area contributed by atoms with Gasteiger partial charge in [-0.1, -0.05) is 11.8 Å². The van der Waals surface area contributed by atoms with Crippen molar-refractivity contribution in [1.29, 1.82) is 0 Å². The van der Waals surface area contributed by atoms with Crippen LogP contribution in [0.3, 0.4) is 0 Å². The van der Waals surface area contributed by atoms with E-state index in [0.29, 0.717) is 11.5 Å². The molecular weight excluding hydrogens is 424 g/mol. The molecule has 0 saturated heterocycles. The maximum Gasteiger partial charge on any atom is 0.275 e. The molecule has 3 aliphatic rings. The largest absolute Gasteiger partial charge is 0.497 e. The molecule has 1 aliphatic carbocycles. The Bertz CT molecular complexity index is 1210. The minimum atomic E-state index is -0.174. The summed E-state index contributed by atoms with van der Waals surface area (Å²) in [5.74, 6) is 0.827. The van der Waals surface area contributed by atoms with Gasteiger partial charge < -0.3 is 15.4 Å². The van der Waals surface area contributed by atoms with Crippen LogP contribution in [0.2, 0.25) is 0 Å². The number of fused-ring (bicyclic) bond motifs is 1. The third-order valence-corrected chi connectivity index (χ3v) is 6.50. The van der Waals surface area contributed by atoms with E-state index in [4.69, 9.17) is 4.74 Å². The van der Waals surface area contributed by atoms with Gasteiger partial charge in [-0.15, -0.1) is 0 Å². The maximum absolute atomic E-state index is 12.6. The van der Waals surface area contributed by atoms with Crippen LogP contribution in [0.1, 0.15) is 25.3 Å². The summed E-state index contributed by atoms with van der Waals surface area (Å²) in [6.45, 7) is 1.49. The highest BCUT2D eigenvalue weighted by Gasteiger charge is 2.38. The quantitative estimate of drug-likeness (QED) is 0.594. The molecule has 162 valence electrons. The molecule has 0 atom stereocenters. The molecule has 0 aromatic heterocycles. The molecule has 0 unspecified atom stereocenters. The number of nitrogens with zero attached hydrogens (tertiary/aromatic N) is 1. The Labute approximate surface area is 190 Å². The molecule has 8 heteroatoms. The molecule has 2 aromatic carbocycles. The van der Waals surface area contributed by atoms with Gasteiger partial charge in [0.15, 0.2) is 0 Å². The summed E-state index contributed by atoms with van der Waals surface area (Å²) >= 11 is 1.59. The van der Waals surface area contributed by atoms with Crippen molar-refractivity contribution in [3.63, 3.8) is 0 Å². The summed E-state index contributed by atoms with van der Waals surface area (Å²) < 4.78 is 5.43. The van der Waals surface area contributed by atoms with Crippen molar-refractivity contribution in [1.82, 2.24) is 5.43 Å². The highest BCUT2D eigenvalue weighted by atomic mass is 32.2. The molecule has 3 N–H and O–H groups in total. The lowest BCUT2D eigenvalue weighted by Crippen LogP contribution is -2.20. The fourth-order valence-corrected chi connectivity index (χ4v) is 4.74. The molecule has 0 bridgehead atoms. The van der Waals surface area contributed by atoms with E-state index in [1.165, 1.54) is 6.92 Å². The topological polar surface area (TPSA) is 91.8 Å². The second-order valence-corrected chi connectivity index (χ2v) is 8.97. The van der Waals surface area contributed by atoms with Crippen molar-refractivity contribution >= 4 is 45.6 Å². The van der Waals surface area contributed by atoms with Gasteiger partial charge in [-0.25, -0.2) is 5.43 Å². The van der Waals surface area contributed by atoms with Crippen molar-refractivity contribution in [3.05, 3.63) is 65.4 Å². The van der Waals surface area contributed by atoms with Crippen LogP contribution < -0.4 is 20.8 Å². The summed E-state index contributed by atoms with van der Waals surface area (Å²) in [5.41, 5.74) is 7.49. The van der Waals surface area contributed by atoms with Crippen molar-refractivity contribution < 1.29 is 14.3 Å². The number of hydrazone groups is 1. The Morgan fingerprint density at radius 3 is 2.66 bits per heavy atom. The van der Waals surface area contributed by atoms with Gasteiger partial charge in [0, 0.05) is 39.6 Å². The molecule has 32 heavy (non-hydrogen) atoms. The Morgan fingerprint density at radius 1 is 1.19 bits per heavy atom. The Hall–Kier alpha value is -3.52. The highest BCUT2D eigenvalue weighted by Crippen LogP contribution is 2.44. The number of ether oxygens (including phenoxy) is 1. The first-order valence-electron chi connectivity index (χ1n) is 10.4. The van der Waals surface area contributed by atoms with Crippen LogP contribution in [0, 0.1) is 5.92 Å². The minimum absolute atomic E-state index is 0.105. The summed E-state index contributed by atoms with van der Waals surface area (Å²) in [4.78, 5) is 25.9. The number of hydrogen-bond donors (Lipinski definition) is 3. The fourth-order valence-electron chi connectivity index (χ4n) is 3.76. The van der Waals surface area contributed by atoms with E-state index in [9.17, 15) is 9.59 Å². The van der Waals surface area contributed by atoms with Gasteiger partial charge in [0.25, 0.3) is 5.91 Å². The Morgan fingerprint density at radius 2 is 1.97 bits per heavy atom. The van der Waals surface area contributed by atoms with Crippen LogP contribution in [-0.2, 0) is 9.59 Å². The first kappa shape index (κ1) is 20.4. The van der Waals surface area contributed by atoms with E-state index in [1.807, 2.05) is 48.5 Å². The number of amides is 2. The van der Waals surface area contributed by atoms with Crippen LogP contribution in [0.25, 0.3) is 4.91 Å². The normalized spacial score (nSPS) is 19.4. The third kappa shape index (κ3) is 4.01. The van der Waals surface area contributed by atoms with Gasteiger partial charge in [-0.3, -0.25) is 9.59 Å². The van der Waals surface area contributed by atoms with Gasteiger partial charge in [-0.05, 0) is 61.4 Å². The molecule has 2 heterocycles. The average Bonchev–Trinajstić information content (AvgIpc) is 3.56. The molecule has 1 fully saturated rings. The number of methoxy groups -OCH3 is 1. The number of benzene rings is 2. The SMILES string of the molecule is COc1ccc2c(c1)C(Sc1ccc(NC(C)=O)cc1)=CC(=C1C(=O)NN=C1C1CC1)N2. The maximum atomic E-state index is 12.6. The van der Waals surface area contributed by atoms with Crippen LogP contribution in [0.4, 0.5) is 11.4 Å². The standard InChI is InChI=1S/C24H22N4O3S/c1-13(29)25-15-5-8-17(9-6-15)32-21-12-20(22-23(14-3-4-14)27-28-24(22)30)26-19-10-7-16(31-2)11-18(19)21/h5-12,14,26H,3-4H2,1-2H3,(H,25,29)(H,28,30). The fraction of sp³-hybridized carbons (Fsp3) is 0.208. The predicted octanol–water partition coefficient (Wildman–Crippen LogP) is 4.36. The number of anilines is 2. The molecule has 7 nitrogen and oxygen atoms in total. The summed E-state index contributed by atoms with van der Waals surface area (Å²) in [6, 6.07) is 13.5. The Kier molecular flexibility index (Phi) is 5.22. The van der Waals surface area contributed by atoms with Crippen LogP contribution in [0.5, 0.6) is 5.75 Å². The lowest BCUT2D eigenvalue weighted by molar-refractivity contribution is -0.116. The number of carbonyl (C=O) groups is 2. The second-order valence-electron chi connectivity index (χ2n) is 7.85. The van der Waals surface area contributed by atoms with E-state index in [0.717, 1.165) is 56.7 Å². The summed E-state index contributed by atoms with van der Waals surface area (Å²) in [5, 5.41) is 10.5. The lowest BCUT2D eigenvalue weighted by Gasteiger charge is -2.23. The molecule has 1 saturated carbocycles. The third-order valence-electron chi connectivity index (χ3n) is 5.43. The summed E-state index contributed by atoms with van der Waals surface area (Å²) in [7, 11) is 1.64. The predicted molar refractivity (Wildman–Crippen MR) is 127 cm³/mol. The lowest BCUT2D eigenvalue weighted by atomic mass is 10.00. The molecule has 2 aliphatic heterocycles. The second kappa shape index (κ2) is 8.20. The van der Waals surface area contributed by atoms with E-state index in [1.54, 1.807) is 18.9 Å². The molecule has 5 rings (SSSR count). The van der Waals surface area contributed by atoms with Crippen LogP contribution >= 0.6 is 11.8 Å². The zero-order valence-electron chi connectivity index (χ0n) is 17.7. The number of allylic oxidation sites excluding steroid dienone is 1. The smallest absolute Gasteiger partial charge is 0.275 e. The summed E-state index contributed by atoms with van der Waals surface area (Å²) in [6.07, 6.45) is 4.13. The first-order valence-corrected chi connectivity index (χ1v) is 11.2. The molecule has 2 aromatic rings. The average molecular weight is 447 g/mol. The molecule has 0 spiro atoms. The zero-order chi connectivity index (χ0) is 22.2. The van der Waals surface area contributed by atoms with E-state index >= 15 is 0 Å². The molecule has 0 radical (unpaired) electrons. The van der Waals surface area contributed by atoms with Crippen LogP contribution in [0.15, 0.2) is 69.8 Å². The van der Waals surface area contributed by atoms with Crippen molar-refractivity contribution in [3.8, 4) is 5.75 Å². The van der Waals surface area contributed by atoms with Gasteiger partial charge in [-0.2, -0.15) is 5.10 Å².